The van der Waals surface area contributed by atoms with E-state index in [0.29, 0.717) is 30.8 Å². The van der Waals surface area contributed by atoms with Gasteiger partial charge in [-0.05, 0) is 62.4 Å². The van der Waals surface area contributed by atoms with E-state index in [-0.39, 0.29) is 16.6 Å². The number of carbonyl (C=O) groups is 2. The SMILES string of the molecule is CCOC(=O)c1ccc(C#CC2=CC=C3SC(C)(C)CC(=O)C3C2)cc1. The van der Waals surface area contributed by atoms with Gasteiger partial charge in [0.05, 0.1) is 18.1 Å². The Morgan fingerprint density at radius 1 is 1.23 bits per heavy atom. The molecule has 1 aromatic carbocycles. The fourth-order valence-electron chi connectivity index (χ4n) is 3.11. The lowest BCUT2D eigenvalue weighted by Gasteiger charge is -2.36. The van der Waals surface area contributed by atoms with Gasteiger partial charge in [-0.2, -0.15) is 0 Å². The number of ketones is 1. The van der Waals surface area contributed by atoms with E-state index in [1.54, 1.807) is 30.8 Å². The highest BCUT2D eigenvalue weighted by atomic mass is 32.2. The minimum absolute atomic E-state index is 0.0168. The molecule has 1 aliphatic heterocycles. The number of rotatable bonds is 2. The van der Waals surface area contributed by atoms with Crippen LogP contribution in [0.25, 0.3) is 0 Å². The summed E-state index contributed by atoms with van der Waals surface area (Å²) >= 11 is 1.80. The van der Waals surface area contributed by atoms with Gasteiger partial charge in [-0.1, -0.05) is 17.9 Å². The van der Waals surface area contributed by atoms with Crippen molar-refractivity contribution in [1.82, 2.24) is 0 Å². The second-order valence-electron chi connectivity index (χ2n) is 7.07. The number of hydrogen-bond donors (Lipinski definition) is 0. The van der Waals surface area contributed by atoms with Crippen molar-refractivity contribution >= 4 is 23.5 Å². The third-order valence-corrected chi connectivity index (χ3v) is 5.72. The Bertz CT molecular complexity index is 848. The second-order valence-corrected chi connectivity index (χ2v) is 8.85. The Labute approximate surface area is 158 Å². The number of fused-ring (bicyclic) bond motifs is 1. The van der Waals surface area contributed by atoms with Crippen LogP contribution in [-0.2, 0) is 9.53 Å². The van der Waals surface area contributed by atoms with Crippen LogP contribution in [0.2, 0.25) is 0 Å². The molecule has 0 aromatic heterocycles. The van der Waals surface area contributed by atoms with Crippen molar-refractivity contribution in [3.05, 3.63) is 58.0 Å². The van der Waals surface area contributed by atoms with Crippen LogP contribution in [0.1, 0.15) is 49.5 Å². The first-order chi connectivity index (χ1) is 12.4. The number of ether oxygens (including phenoxy) is 1. The van der Waals surface area contributed by atoms with Crippen LogP contribution < -0.4 is 0 Å². The number of benzene rings is 1. The molecule has 3 nitrogen and oxygen atoms in total. The number of Topliss-reactive ketones (excluding diaryl/α,β-unsaturated/α-hetero) is 1. The molecule has 3 rings (SSSR count). The topological polar surface area (TPSA) is 43.4 Å². The number of allylic oxidation sites excluding steroid dienone is 4. The molecular formula is C22H22O3S. The third kappa shape index (κ3) is 4.28. The maximum absolute atomic E-state index is 12.4. The highest BCUT2D eigenvalue weighted by Gasteiger charge is 2.38. The number of hydrogen-bond acceptors (Lipinski definition) is 4. The molecule has 1 saturated heterocycles. The Morgan fingerprint density at radius 3 is 2.65 bits per heavy atom. The number of carbonyl (C=O) groups excluding carboxylic acids is 2. The standard InChI is InChI=1S/C22H22O3S/c1-4-25-21(24)17-10-7-15(8-11-17)5-6-16-9-12-20-18(13-16)19(23)14-22(2,3)26-20/h7-12,18H,4,13-14H2,1-3H3. The summed E-state index contributed by atoms with van der Waals surface area (Å²) in [6, 6.07) is 7.07. The molecule has 0 radical (unpaired) electrons. The first-order valence-corrected chi connectivity index (χ1v) is 9.61. The molecule has 1 atom stereocenters. The summed E-state index contributed by atoms with van der Waals surface area (Å²) in [5.41, 5.74) is 2.33. The summed E-state index contributed by atoms with van der Waals surface area (Å²) < 4.78 is 4.96. The van der Waals surface area contributed by atoms with Crippen LogP contribution in [0.15, 0.2) is 46.9 Å². The van der Waals surface area contributed by atoms with E-state index in [4.69, 9.17) is 4.74 Å². The van der Waals surface area contributed by atoms with E-state index in [9.17, 15) is 9.59 Å². The predicted molar refractivity (Wildman–Crippen MR) is 105 cm³/mol. The molecule has 0 N–H and O–H groups in total. The molecular weight excluding hydrogens is 344 g/mol. The molecule has 0 saturated carbocycles. The molecule has 4 heteroatoms. The molecule has 0 spiro atoms. The van der Waals surface area contributed by atoms with Gasteiger partial charge < -0.3 is 4.74 Å². The zero-order valence-corrected chi connectivity index (χ0v) is 16.1. The van der Waals surface area contributed by atoms with Gasteiger partial charge in [-0.15, -0.1) is 11.8 Å². The van der Waals surface area contributed by atoms with Gasteiger partial charge in [0.2, 0.25) is 0 Å². The lowest BCUT2D eigenvalue weighted by molar-refractivity contribution is -0.122. The van der Waals surface area contributed by atoms with E-state index in [1.165, 1.54) is 0 Å². The highest BCUT2D eigenvalue weighted by molar-refractivity contribution is 8.04. The number of esters is 1. The van der Waals surface area contributed by atoms with Crippen LogP contribution in [0.4, 0.5) is 0 Å². The molecule has 0 bridgehead atoms. The Hall–Kier alpha value is -2.25. The first-order valence-electron chi connectivity index (χ1n) is 8.79. The molecule has 26 heavy (non-hydrogen) atoms. The Morgan fingerprint density at radius 2 is 1.96 bits per heavy atom. The predicted octanol–water partition coefficient (Wildman–Crippen LogP) is 4.53. The maximum Gasteiger partial charge on any atom is 0.338 e. The van der Waals surface area contributed by atoms with Crippen molar-refractivity contribution in [2.45, 2.75) is 38.4 Å². The number of thioether (sulfide) groups is 1. The highest BCUT2D eigenvalue weighted by Crippen LogP contribution is 2.47. The molecule has 134 valence electrons. The summed E-state index contributed by atoms with van der Waals surface area (Å²) in [5, 5.41) is 0. The average Bonchev–Trinajstić information content (AvgIpc) is 2.60. The van der Waals surface area contributed by atoms with Gasteiger partial charge in [0.1, 0.15) is 5.78 Å². The van der Waals surface area contributed by atoms with Gasteiger partial charge in [0.25, 0.3) is 0 Å². The van der Waals surface area contributed by atoms with E-state index >= 15 is 0 Å². The minimum atomic E-state index is -0.323. The van der Waals surface area contributed by atoms with Crippen molar-refractivity contribution < 1.29 is 14.3 Å². The maximum atomic E-state index is 12.4. The lowest BCUT2D eigenvalue weighted by Crippen LogP contribution is -2.33. The van der Waals surface area contributed by atoms with Crippen molar-refractivity contribution in [2.24, 2.45) is 5.92 Å². The van der Waals surface area contributed by atoms with E-state index < -0.39 is 0 Å². The fourth-order valence-corrected chi connectivity index (χ4v) is 4.46. The quantitative estimate of drug-likeness (QED) is 0.570. The molecule has 1 heterocycles. The molecule has 2 aliphatic rings. The first kappa shape index (κ1) is 18.5. The van der Waals surface area contributed by atoms with Crippen molar-refractivity contribution in [1.29, 1.82) is 0 Å². The van der Waals surface area contributed by atoms with Crippen molar-refractivity contribution in [3.8, 4) is 11.8 Å². The van der Waals surface area contributed by atoms with E-state index in [1.807, 2.05) is 24.3 Å². The molecule has 1 unspecified atom stereocenters. The third-order valence-electron chi connectivity index (χ3n) is 4.36. The van der Waals surface area contributed by atoms with Crippen molar-refractivity contribution in [2.75, 3.05) is 6.61 Å². The second kappa shape index (κ2) is 7.55. The normalized spacial score (nSPS) is 20.9. The van der Waals surface area contributed by atoms with Crippen molar-refractivity contribution in [3.63, 3.8) is 0 Å². The summed E-state index contributed by atoms with van der Waals surface area (Å²) in [6.07, 6.45) is 5.36. The van der Waals surface area contributed by atoms with Crippen LogP contribution in [-0.4, -0.2) is 23.1 Å². The Balaban J connectivity index is 1.73. The van der Waals surface area contributed by atoms with Crippen LogP contribution in [0.3, 0.4) is 0 Å². The van der Waals surface area contributed by atoms with Crippen LogP contribution in [0, 0.1) is 17.8 Å². The molecule has 1 fully saturated rings. The van der Waals surface area contributed by atoms with E-state index in [2.05, 4.69) is 25.7 Å². The minimum Gasteiger partial charge on any atom is -0.462 e. The van der Waals surface area contributed by atoms with E-state index in [0.717, 1.165) is 16.0 Å². The largest absolute Gasteiger partial charge is 0.462 e. The monoisotopic (exact) mass is 366 g/mol. The molecule has 1 aromatic rings. The molecule has 1 aliphatic carbocycles. The zero-order valence-electron chi connectivity index (χ0n) is 15.3. The zero-order chi connectivity index (χ0) is 18.7. The average molecular weight is 366 g/mol. The van der Waals surface area contributed by atoms with Gasteiger partial charge >= 0.3 is 5.97 Å². The Kier molecular flexibility index (Phi) is 5.38. The smallest absolute Gasteiger partial charge is 0.338 e. The summed E-state index contributed by atoms with van der Waals surface area (Å²) in [7, 11) is 0. The lowest BCUT2D eigenvalue weighted by atomic mass is 9.86. The van der Waals surface area contributed by atoms with Crippen LogP contribution in [0.5, 0.6) is 0 Å². The summed E-state index contributed by atoms with van der Waals surface area (Å²) in [6.45, 7) is 6.38. The fraction of sp³-hybridized carbons (Fsp3) is 0.364. The van der Waals surface area contributed by atoms with Gasteiger partial charge in [0, 0.05) is 22.3 Å². The van der Waals surface area contributed by atoms with Gasteiger partial charge in [-0.25, -0.2) is 4.79 Å². The van der Waals surface area contributed by atoms with Gasteiger partial charge in [-0.3, -0.25) is 4.79 Å². The molecule has 0 amide bonds. The summed E-state index contributed by atoms with van der Waals surface area (Å²) in [4.78, 5) is 25.3. The van der Waals surface area contributed by atoms with Crippen LogP contribution >= 0.6 is 11.8 Å². The van der Waals surface area contributed by atoms with Gasteiger partial charge in [0.15, 0.2) is 0 Å². The summed E-state index contributed by atoms with van der Waals surface area (Å²) in [5.74, 6) is 6.25.